The van der Waals surface area contributed by atoms with Gasteiger partial charge in [-0.05, 0) is 13.3 Å². The molecule has 0 aliphatic rings. The smallest absolute Gasteiger partial charge is 0.211 e. The van der Waals surface area contributed by atoms with Crippen LogP contribution in [0.15, 0.2) is 4.99 Å². The molecular weight excluding hydrogens is 126 g/mol. The van der Waals surface area contributed by atoms with E-state index < -0.39 is 5.00 Å². The molecular formula is C5H7ClNO. The first-order chi connectivity index (χ1) is 3.62. The van der Waals surface area contributed by atoms with Crippen molar-refractivity contribution >= 4 is 17.7 Å². The van der Waals surface area contributed by atoms with Gasteiger partial charge in [0.25, 0.3) is 0 Å². The van der Waals surface area contributed by atoms with Crippen LogP contribution >= 0.6 is 11.6 Å². The fourth-order valence-corrected chi connectivity index (χ4v) is 0.195. The first-order valence-electron chi connectivity index (χ1n) is 2.25. The summed E-state index contributed by atoms with van der Waals surface area (Å²) in [6.07, 6.45) is 1.87. The van der Waals surface area contributed by atoms with Crippen LogP contribution in [0.3, 0.4) is 0 Å². The van der Waals surface area contributed by atoms with Gasteiger partial charge in [-0.2, -0.15) is 4.99 Å². The van der Waals surface area contributed by atoms with E-state index in [1.807, 2.05) is 0 Å². The van der Waals surface area contributed by atoms with Crippen LogP contribution in [0.1, 0.15) is 13.3 Å². The van der Waals surface area contributed by atoms with Gasteiger partial charge in [0.2, 0.25) is 6.08 Å². The number of hydrogen-bond acceptors (Lipinski definition) is 2. The van der Waals surface area contributed by atoms with Crippen LogP contribution in [-0.2, 0) is 4.79 Å². The van der Waals surface area contributed by atoms with Crippen LogP contribution in [0, 0.1) is 6.92 Å². The van der Waals surface area contributed by atoms with Crippen molar-refractivity contribution in [2.24, 2.45) is 4.99 Å². The largest absolute Gasteiger partial charge is 0.236 e. The van der Waals surface area contributed by atoms with Crippen molar-refractivity contribution in [3.8, 4) is 0 Å². The average molecular weight is 133 g/mol. The third-order valence-electron chi connectivity index (χ3n) is 0.788. The number of alkyl halides is 1. The van der Waals surface area contributed by atoms with Crippen molar-refractivity contribution in [2.75, 3.05) is 0 Å². The molecule has 3 heteroatoms. The number of isocyanates is 1. The van der Waals surface area contributed by atoms with Crippen molar-refractivity contribution in [3.63, 3.8) is 0 Å². The van der Waals surface area contributed by atoms with Crippen LogP contribution in [-0.4, -0.2) is 11.1 Å². The van der Waals surface area contributed by atoms with Gasteiger partial charge in [-0.1, -0.05) is 18.5 Å². The van der Waals surface area contributed by atoms with E-state index in [9.17, 15) is 4.79 Å². The number of hydrogen-bond donors (Lipinski definition) is 0. The van der Waals surface area contributed by atoms with Gasteiger partial charge in [0.15, 0.2) is 0 Å². The first-order valence-corrected chi connectivity index (χ1v) is 2.63. The number of rotatable bonds is 2. The van der Waals surface area contributed by atoms with Crippen molar-refractivity contribution < 1.29 is 4.79 Å². The average Bonchev–Trinajstić information content (AvgIpc) is 1.67. The van der Waals surface area contributed by atoms with Gasteiger partial charge in [0.05, 0.1) is 0 Å². The van der Waals surface area contributed by atoms with Crippen molar-refractivity contribution in [1.82, 2.24) is 0 Å². The minimum atomic E-state index is -0.984. The lowest BCUT2D eigenvalue weighted by Gasteiger charge is -2.08. The van der Waals surface area contributed by atoms with E-state index in [1.165, 1.54) is 6.08 Å². The number of halogens is 1. The second kappa shape index (κ2) is 2.85. The molecule has 1 atom stereocenters. The molecule has 0 aliphatic heterocycles. The van der Waals surface area contributed by atoms with Crippen molar-refractivity contribution in [2.45, 2.75) is 18.3 Å². The van der Waals surface area contributed by atoms with E-state index in [2.05, 4.69) is 11.9 Å². The van der Waals surface area contributed by atoms with Crippen LogP contribution in [0.5, 0.6) is 0 Å². The van der Waals surface area contributed by atoms with Crippen LogP contribution in [0.25, 0.3) is 0 Å². The van der Waals surface area contributed by atoms with Crippen LogP contribution in [0.2, 0.25) is 0 Å². The molecule has 0 aromatic rings. The van der Waals surface area contributed by atoms with Gasteiger partial charge >= 0.3 is 0 Å². The maximum Gasteiger partial charge on any atom is 0.236 e. The lowest BCUT2D eigenvalue weighted by Crippen LogP contribution is -2.09. The highest BCUT2D eigenvalue weighted by Gasteiger charge is 2.14. The molecule has 0 bridgehead atoms. The normalized spacial score (nSPS) is 16.4. The molecule has 1 unspecified atom stereocenters. The molecule has 8 heavy (non-hydrogen) atoms. The molecule has 0 N–H and O–H groups in total. The maximum absolute atomic E-state index is 9.56. The lowest BCUT2D eigenvalue weighted by atomic mass is 10.3. The summed E-state index contributed by atoms with van der Waals surface area (Å²) in [5, 5.41) is 0. The summed E-state index contributed by atoms with van der Waals surface area (Å²) in [7, 11) is 0. The fourth-order valence-electron chi connectivity index (χ4n) is 0.161. The Bertz CT molecular complexity index is 116. The van der Waals surface area contributed by atoms with E-state index in [4.69, 9.17) is 11.6 Å². The van der Waals surface area contributed by atoms with E-state index in [0.29, 0.717) is 6.42 Å². The highest BCUT2D eigenvalue weighted by atomic mass is 35.5. The Kier molecular flexibility index (Phi) is 2.74. The molecule has 0 aliphatic carbocycles. The van der Waals surface area contributed by atoms with Crippen LogP contribution < -0.4 is 0 Å². The highest BCUT2D eigenvalue weighted by Crippen LogP contribution is 2.17. The van der Waals surface area contributed by atoms with E-state index in [1.54, 1.807) is 6.92 Å². The Morgan fingerprint density at radius 1 is 2.00 bits per heavy atom. The SMILES string of the molecule is [CH2]C(Cl)(CC)N=C=O. The van der Waals surface area contributed by atoms with E-state index in [0.717, 1.165) is 0 Å². The van der Waals surface area contributed by atoms with Gasteiger partial charge in [-0.25, -0.2) is 4.79 Å². The monoisotopic (exact) mass is 132 g/mol. The Hall–Kier alpha value is -0.330. The summed E-state index contributed by atoms with van der Waals surface area (Å²) in [6, 6.07) is 0. The topological polar surface area (TPSA) is 29.4 Å². The van der Waals surface area contributed by atoms with Crippen molar-refractivity contribution in [3.05, 3.63) is 6.92 Å². The second-order valence-corrected chi connectivity index (χ2v) is 2.18. The van der Waals surface area contributed by atoms with Crippen molar-refractivity contribution in [1.29, 1.82) is 0 Å². The Labute approximate surface area is 53.6 Å². The van der Waals surface area contributed by atoms with E-state index in [-0.39, 0.29) is 0 Å². The third kappa shape index (κ3) is 2.78. The minimum Gasteiger partial charge on any atom is -0.211 e. The maximum atomic E-state index is 9.56. The third-order valence-corrected chi connectivity index (χ3v) is 1.14. The van der Waals surface area contributed by atoms with Crippen LogP contribution in [0.4, 0.5) is 0 Å². The summed E-state index contributed by atoms with van der Waals surface area (Å²) in [5.74, 6) is 0. The van der Waals surface area contributed by atoms with Gasteiger partial charge in [-0.15, -0.1) is 0 Å². The molecule has 0 aromatic carbocycles. The zero-order valence-corrected chi connectivity index (χ0v) is 5.40. The highest BCUT2D eigenvalue weighted by molar-refractivity contribution is 6.24. The quantitative estimate of drug-likeness (QED) is 0.242. The zero-order valence-electron chi connectivity index (χ0n) is 4.65. The molecule has 0 spiro atoms. The van der Waals surface area contributed by atoms with Gasteiger partial charge in [0, 0.05) is 0 Å². The van der Waals surface area contributed by atoms with Gasteiger partial charge in [0.1, 0.15) is 5.00 Å². The number of aliphatic imine (C=N–C) groups is 1. The summed E-state index contributed by atoms with van der Waals surface area (Å²) in [6.45, 7) is 5.21. The molecule has 0 saturated carbocycles. The van der Waals surface area contributed by atoms with Gasteiger partial charge in [-0.3, -0.25) is 0 Å². The predicted molar refractivity (Wildman–Crippen MR) is 32.4 cm³/mol. The molecule has 0 aromatic heterocycles. The second-order valence-electron chi connectivity index (χ2n) is 1.47. The lowest BCUT2D eigenvalue weighted by molar-refractivity contribution is 0.556. The van der Waals surface area contributed by atoms with E-state index >= 15 is 0 Å². The molecule has 0 rings (SSSR count). The first kappa shape index (κ1) is 7.67. The Balaban J connectivity index is 3.90. The molecule has 0 heterocycles. The predicted octanol–water partition coefficient (Wildman–Crippen LogP) is 1.50. The summed E-state index contributed by atoms with van der Waals surface area (Å²) in [4.78, 5) is 11.8. The standard InChI is InChI=1S/C5H7ClNO/c1-3-5(2,6)7-4-8/h2-3H2,1H3. The molecule has 0 saturated heterocycles. The fraction of sp³-hybridized carbons (Fsp3) is 0.600. The number of carbonyl (C=O) groups excluding carboxylic acids is 1. The summed E-state index contributed by atoms with van der Waals surface area (Å²) < 4.78 is 0. The molecule has 1 radical (unpaired) electrons. The molecule has 2 nitrogen and oxygen atoms in total. The Morgan fingerprint density at radius 3 is 2.62 bits per heavy atom. The molecule has 0 fully saturated rings. The van der Waals surface area contributed by atoms with Gasteiger partial charge < -0.3 is 0 Å². The zero-order chi connectivity index (χ0) is 6.62. The summed E-state index contributed by atoms with van der Waals surface area (Å²) in [5.41, 5.74) is 0. The minimum absolute atomic E-state index is 0.532. The number of nitrogens with zero attached hydrogens (tertiary/aromatic N) is 1. The molecule has 0 amide bonds. The summed E-state index contributed by atoms with van der Waals surface area (Å²) >= 11 is 5.48. The Morgan fingerprint density at radius 2 is 2.50 bits per heavy atom. The molecule has 45 valence electrons.